The van der Waals surface area contributed by atoms with Crippen molar-refractivity contribution < 1.29 is 9.59 Å². The minimum absolute atomic E-state index is 0.0151. The summed E-state index contributed by atoms with van der Waals surface area (Å²) in [7, 11) is 0. The van der Waals surface area contributed by atoms with Gasteiger partial charge in [-0.1, -0.05) is 67.1 Å². The zero-order valence-corrected chi connectivity index (χ0v) is 15.9. The van der Waals surface area contributed by atoms with Gasteiger partial charge in [-0.3, -0.25) is 9.59 Å². The molecule has 0 spiro atoms. The fourth-order valence-corrected chi connectivity index (χ4v) is 3.06. The second-order valence-corrected chi connectivity index (χ2v) is 6.46. The average Bonchev–Trinajstić information content (AvgIpc) is 2.65. The van der Waals surface area contributed by atoms with Crippen molar-refractivity contribution in [3.05, 3.63) is 71.3 Å². The third-order valence-electron chi connectivity index (χ3n) is 4.36. The maximum Gasteiger partial charge on any atom is 0.243 e. The van der Waals surface area contributed by atoms with E-state index in [-0.39, 0.29) is 11.8 Å². The Hall–Kier alpha value is -2.62. The second-order valence-electron chi connectivity index (χ2n) is 6.46. The largest absolute Gasteiger partial charge is 0.355 e. The number of nitrogens with one attached hydrogen (secondary N) is 1. The number of amides is 2. The molecule has 26 heavy (non-hydrogen) atoms. The van der Waals surface area contributed by atoms with Crippen molar-refractivity contribution in [3.8, 4) is 0 Å². The van der Waals surface area contributed by atoms with Gasteiger partial charge in [-0.2, -0.15) is 0 Å². The van der Waals surface area contributed by atoms with Gasteiger partial charge in [0.1, 0.15) is 6.04 Å². The Balaban J connectivity index is 2.33. The van der Waals surface area contributed by atoms with Crippen LogP contribution in [0.5, 0.6) is 0 Å². The fourth-order valence-electron chi connectivity index (χ4n) is 3.06. The lowest BCUT2D eigenvalue weighted by Gasteiger charge is -2.31. The van der Waals surface area contributed by atoms with Crippen molar-refractivity contribution in [1.29, 1.82) is 0 Å². The molecule has 0 saturated carbocycles. The van der Waals surface area contributed by atoms with Crippen LogP contribution in [0.3, 0.4) is 0 Å². The van der Waals surface area contributed by atoms with Gasteiger partial charge in [0.15, 0.2) is 0 Å². The van der Waals surface area contributed by atoms with Crippen LogP contribution < -0.4 is 5.32 Å². The van der Waals surface area contributed by atoms with E-state index in [1.807, 2.05) is 69.3 Å². The van der Waals surface area contributed by atoms with Crippen LogP contribution in [0.2, 0.25) is 0 Å². The van der Waals surface area contributed by atoms with Crippen LogP contribution in [-0.2, 0) is 22.6 Å². The van der Waals surface area contributed by atoms with Crippen LogP contribution in [0.1, 0.15) is 37.0 Å². The predicted molar refractivity (Wildman–Crippen MR) is 105 cm³/mol. The summed E-state index contributed by atoms with van der Waals surface area (Å²) < 4.78 is 0. The molecule has 2 amide bonds. The molecule has 0 unspecified atom stereocenters. The van der Waals surface area contributed by atoms with Gasteiger partial charge in [0.05, 0.1) is 0 Å². The first-order valence-corrected chi connectivity index (χ1v) is 9.21. The minimum Gasteiger partial charge on any atom is -0.355 e. The SMILES string of the molecule is CCNC(=O)[C@H](Cc1ccccc1)N(Cc1cccc(C)c1)C(=O)CC. The lowest BCUT2D eigenvalue weighted by molar-refractivity contribution is -0.141. The number of carbonyl (C=O) groups excluding carboxylic acids is 2. The van der Waals surface area contributed by atoms with E-state index in [0.29, 0.717) is 25.9 Å². The molecular formula is C22H28N2O2. The summed E-state index contributed by atoms with van der Waals surface area (Å²) in [5, 5.41) is 2.89. The summed E-state index contributed by atoms with van der Waals surface area (Å²) in [4.78, 5) is 27.2. The van der Waals surface area contributed by atoms with Crippen molar-refractivity contribution in [2.24, 2.45) is 0 Å². The molecule has 1 N–H and O–H groups in total. The van der Waals surface area contributed by atoms with Crippen molar-refractivity contribution in [3.63, 3.8) is 0 Å². The zero-order chi connectivity index (χ0) is 18.9. The molecule has 4 nitrogen and oxygen atoms in total. The summed E-state index contributed by atoms with van der Waals surface area (Å²) in [5.74, 6) is -0.121. The van der Waals surface area contributed by atoms with Gasteiger partial charge < -0.3 is 10.2 Å². The third-order valence-corrected chi connectivity index (χ3v) is 4.36. The molecule has 0 radical (unpaired) electrons. The monoisotopic (exact) mass is 352 g/mol. The highest BCUT2D eigenvalue weighted by atomic mass is 16.2. The molecule has 0 bridgehead atoms. The van der Waals surface area contributed by atoms with Gasteiger partial charge in [-0.25, -0.2) is 0 Å². The van der Waals surface area contributed by atoms with Gasteiger partial charge in [0.25, 0.3) is 0 Å². The number of likely N-dealkylation sites (N-methyl/N-ethyl adjacent to an activating group) is 1. The van der Waals surface area contributed by atoms with Crippen LogP contribution in [0.25, 0.3) is 0 Å². The Morgan fingerprint density at radius 1 is 1.00 bits per heavy atom. The molecule has 1 atom stereocenters. The van der Waals surface area contributed by atoms with Crippen molar-refractivity contribution in [2.75, 3.05) is 6.54 Å². The lowest BCUT2D eigenvalue weighted by Crippen LogP contribution is -2.50. The van der Waals surface area contributed by atoms with Gasteiger partial charge in [-0.15, -0.1) is 0 Å². The first kappa shape index (κ1) is 19.7. The summed E-state index contributed by atoms with van der Waals surface area (Å²) in [6.45, 7) is 6.74. The number of benzene rings is 2. The number of hydrogen-bond donors (Lipinski definition) is 1. The Labute approximate surface area is 156 Å². The highest BCUT2D eigenvalue weighted by Crippen LogP contribution is 2.16. The zero-order valence-electron chi connectivity index (χ0n) is 15.9. The molecule has 0 aliphatic carbocycles. The lowest BCUT2D eigenvalue weighted by atomic mass is 10.0. The number of nitrogens with zero attached hydrogens (tertiary/aromatic N) is 1. The van der Waals surface area contributed by atoms with Gasteiger partial charge in [0, 0.05) is 25.9 Å². The highest BCUT2D eigenvalue weighted by Gasteiger charge is 2.29. The van der Waals surface area contributed by atoms with E-state index in [1.165, 1.54) is 0 Å². The number of hydrogen-bond acceptors (Lipinski definition) is 2. The molecule has 0 aliphatic rings. The molecule has 2 rings (SSSR count). The Morgan fingerprint density at radius 3 is 2.31 bits per heavy atom. The minimum atomic E-state index is -0.523. The van der Waals surface area contributed by atoms with Crippen LogP contribution >= 0.6 is 0 Å². The molecule has 0 fully saturated rings. The summed E-state index contributed by atoms with van der Waals surface area (Å²) >= 11 is 0. The van der Waals surface area contributed by atoms with E-state index in [2.05, 4.69) is 11.4 Å². The molecular weight excluding hydrogens is 324 g/mol. The van der Waals surface area contributed by atoms with Crippen LogP contribution in [0, 0.1) is 6.92 Å². The summed E-state index contributed by atoms with van der Waals surface area (Å²) in [6, 6.07) is 17.4. The molecule has 0 aliphatic heterocycles. The molecule has 2 aromatic carbocycles. The van der Waals surface area contributed by atoms with Crippen molar-refractivity contribution in [1.82, 2.24) is 10.2 Å². The van der Waals surface area contributed by atoms with Gasteiger partial charge in [0.2, 0.25) is 11.8 Å². The molecule has 2 aromatic rings. The Bertz CT molecular complexity index is 728. The van der Waals surface area contributed by atoms with E-state index >= 15 is 0 Å². The van der Waals surface area contributed by atoms with Gasteiger partial charge in [-0.05, 0) is 25.0 Å². The topological polar surface area (TPSA) is 49.4 Å². The molecule has 0 heterocycles. The van der Waals surface area contributed by atoms with Crippen LogP contribution in [0.4, 0.5) is 0 Å². The number of rotatable bonds is 8. The molecule has 0 aromatic heterocycles. The van der Waals surface area contributed by atoms with Crippen LogP contribution in [-0.4, -0.2) is 29.3 Å². The van der Waals surface area contributed by atoms with E-state index in [1.54, 1.807) is 4.90 Å². The summed E-state index contributed by atoms with van der Waals surface area (Å²) in [6.07, 6.45) is 0.876. The molecule has 4 heteroatoms. The maximum absolute atomic E-state index is 12.8. The average molecular weight is 352 g/mol. The summed E-state index contributed by atoms with van der Waals surface area (Å²) in [5.41, 5.74) is 3.22. The smallest absolute Gasteiger partial charge is 0.243 e. The van der Waals surface area contributed by atoms with Gasteiger partial charge >= 0.3 is 0 Å². The quantitative estimate of drug-likeness (QED) is 0.791. The predicted octanol–water partition coefficient (Wildman–Crippen LogP) is 3.48. The Morgan fingerprint density at radius 2 is 1.69 bits per heavy atom. The fraction of sp³-hybridized carbons (Fsp3) is 0.364. The standard InChI is InChI=1S/C22H28N2O2/c1-4-21(25)24(16-19-13-9-10-17(3)14-19)20(22(26)23-5-2)15-18-11-7-6-8-12-18/h6-14,20H,4-5,15-16H2,1-3H3,(H,23,26)/t20-/m0/s1. The van der Waals surface area contributed by atoms with E-state index in [4.69, 9.17) is 0 Å². The first-order valence-electron chi connectivity index (χ1n) is 9.21. The number of aryl methyl sites for hydroxylation is 1. The van der Waals surface area contributed by atoms with E-state index in [9.17, 15) is 9.59 Å². The molecule has 138 valence electrons. The Kier molecular flexibility index (Phi) is 7.39. The van der Waals surface area contributed by atoms with E-state index in [0.717, 1.165) is 16.7 Å². The number of carbonyl (C=O) groups is 2. The third kappa shape index (κ3) is 5.45. The maximum atomic E-state index is 12.8. The van der Waals surface area contributed by atoms with Crippen molar-refractivity contribution in [2.45, 2.75) is 46.2 Å². The normalized spacial score (nSPS) is 11.7. The molecule has 0 saturated heterocycles. The highest BCUT2D eigenvalue weighted by molar-refractivity contribution is 5.87. The van der Waals surface area contributed by atoms with Crippen LogP contribution in [0.15, 0.2) is 54.6 Å². The first-order chi connectivity index (χ1) is 12.5. The van der Waals surface area contributed by atoms with E-state index < -0.39 is 6.04 Å². The second kappa shape index (κ2) is 9.76. The van der Waals surface area contributed by atoms with Crippen molar-refractivity contribution >= 4 is 11.8 Å².